The van der Waals surface area contributed by atoms with Crippen molar-refractivity contribution in [2.75, 3.05) is 6.54 Å². The van der Waals surface area contributed by atoms with Gasteiger partial charge in [-0.2, -0.15) is 0 Å². The smallest absolute Gasteiger partial charge is 0.273 e. The van der Waals surface area contributed by atoms with Crippen molar-refractivity contribution in [1.29, 1.82) is 0 Å². The van der Waals surface area contributed by atoms with E-state index in [-0.39, 0.29) is 11.9 Å². The molecule has 0 radical (unpaired) electrons. The van der Waals surface area contributed by atoms with Crippen molar-refractivity contribution >= 4 is 28.0 Å². The number of carbonyl (C=O) groups excluding carboxylic acids is 1. The normalized spacial score (nSPS) is 17.4. The molecule has 1 aromatic carbocycles. The Hall–Kier alpha value is -2.99. The number of rotatable bonds is 3. The second kappa shape index (κ2) is 7.79. The zero-order valence-corrected chi connectivity index (χ0v) is 16.8. The number of fused-ring (bicyclic) bond motifs is 1. The molecule has 6 heteroatoms. The fourth-order valence-corrected chi connectivity index (χ4v) is 4.74. The Bertz CT molecular complexity index is 1130. The first-order valence-corrected chi connectivity index (χ1v) is 10.8. The van der Waals surface area contributed by atoms with Gasteiger partial charge in [-0.3, -0.25) is 9.78 Å². The molecule has 0 bridgehead atoms. The Labute approximate surface area is 173 Å². The third-order valence-electron chi connectivity index (χ3n) is 5.52. The second-order valence-corrected chi connectivity index (χ2v) is 8.29. The second-order valence-electron chi connectivity index (χ2n) is 7.34. The minimum atomic E-state index is -0.0942. The number of hydrogen-bond donors (Lipinski definition) is 0. The van der Waals surface area contributed by atoms with Crippen molar-refractivity contribution < 1.29 is 9.32 Å². The highest BCUT2D eigenvalue weighted by Gasteiger charge is 2.31. The summed E-state index contributed by atoms with van der Waals surface area (Å²) in [7, 11) is 0. The molecule has 0 aliphatic carbocycles. The number of likely N-dealkylation sites (tertiary alicyclic amines) is 1. The molecule has 1 aliphatic rings. The number of hydrogen-bond acceptors (Lipinski definition) is 5. The largest absolute Gasteiger partial charge is 0.355 e. The van der Waals surface area contributed by atoms with Crippen LogP contribution in [0.4, 0.5) is 0 Å². The summed E-state index contributed by atoms with van der Waals surface area (Å²) in [6.07, 6.45) is 5.76. The summed E-state index contributed by atoms with van der Waals surface area (Å²) in [4.78, 5) is 21.0. The van der Waals surface area contributed by atoms with E-state index in [2.05, 4.69) is 10.1 Å². The lowest BCUT2D eigenvalue weighted by molar-refractivity contribution is 0.0670. The molecule has 5 rings (SSSR count). The van der Waals surface area contributed by atoms with E-state index in [1.54, 1.807) is 17.5 Å². The lowest BCUT2D eigenvalue weighted by atomic mass is 10.0. The van der Waals surface area contributed by atoms with Gasteiger partial charge in [0.1, 0.15) is 11.4 Å². The molecular formula is C23H21N3O2S. The highest BCUT2D eigenvalue weighted by molar-refractivity contribution is 7.13. The average Bonchev–Trinajstić information content (AvgIpc) is 3.41. The fourth-order valence-electron chi connectivity index (χ4n) is 4.07. The van der Waals surface area contributed by atoms with Gasteiger partial charge in [0.2, 0.25) is 0 Å². The van der Waals surface area contributed by atoms with E-state index in [1.165, 1.54) is 0 Å². The number of carbonyl (C=O) groups is 1. The standard InChI is InChI=1S/C23H21N3O2S/c27-23(22-17-8-4-3-7-16(17)11-12-24-22)26-13-5-1-2-9-19(26)18-15-20(28-25-18)21-10-6-14-29-21/h3-4,6-8,10-12,14-15,19H,1-2,5,9,13H2/t19-/m0/s1. The van der Waals surface area contributed by atoms with Crippen LogP contribution in [-0.2, 0) is 0 Å². The van der Waals surface area contributed by atoms with Crippen LogP contribution in [0, 0.1) is 0 Å². The first-order valence-electron chi connectivity index (χ1n) is 9.96. The first kappa shape index (κ1) is 18.1. The molecule has 3 aromatic heterocycles. The summed E-state index contributed by atoms with van der Waals surface area (Å²) in [5.41, 5.74) is 1.33. The zero-order valence-electron chi connectivity index (χ0n) is 16.0. The van der Waals surface area contributed by atoms with Crippen molar-refractivity contribution in [3.05, 3.63) is 71.5 Å². The number of pyridine rings is 1. The van der Waals surface area contributed by atoms with E-state index >= 15 is 0 Å². The molecule has 1 amide bonds. The van der Waals surface area contributed by atoms with Crippen LogP contribution in [0.2, 0.25) is 0 Å². The van der Waals surface area contributed by atoms with Crippen molar-refractivity contribution in [3.63, 3.8) is 0 Å². The van der Waals surface area contributed by atoms with Gasteiger partial charge in [-0.05, 0) is 35.7 Å². The van der Waals surface area contributed by atoms with Crippen LogP contribution in [0.1, 0.15) is 47.9 Å². The van der Waals surface area contributed by atoms with E-state index in [0.29, 0.717) is 12.2 Å². The van der Waals surface area contributed by atoms with Crippen LogP contribution in [0.25, 0.3) is 21.4 Å². The molecule has 0 unspecified atom stereocenters. The van der Waals surface area contributed by atoms with E-state index in [0.717, 1.165) is 52.8 Å². The third kappa shape index (κ3) is 3.44. The van der Waals surface area contributed by atoms with Crippen LogP contribution in [0.3, 0.4) is 0 Å². The Morgan fingerprint density at radius 1 is 1.10 bits per heavy atom. The highest BCUT2D eigenvalue weighted by atomic mass is 32.1. The number of nitrogens with zero attached hydrogens (tertiary/aromatic N) is 3. The van der Waals surface area contributed by atoms with Gasteiger partial charge in [-0.15, -0.1) is 11.3 Å². The molecule has 0 saturated carbocycles. The van der Waals surface area contributed by atoms with E-state index in [4.69, 9.17) is 4.52 Å². The summed E-state index contributed by atoms with van der Waals surface area (Å²) < 4.78 is 5.61. The quantitative estimate of drug-likeness (QED) is 0.440. The maximum absolute atomic E-state index is 13.6. The van der Waals surface area contributed by atoms with E-state index in [1.807, 2.05) is 58.8 Å². The number of amides is 1. The molecule has 0 N–H and O–H groups in total. The van der Waals surface area contributed by atoms with Gasteiger partial charge in [0, 0.05) is 24.2 Å². The van der Waals surface area contributed by atoms with Gasteiger partial charge >= 0.3 is 0 Å². The Kier molecular flexibility index (Phi) is 4.86. The molecule has 0 spiro atoms. The Balaban J connectivity index is 1.52. The molecule has 29 heavy (non-hydrogen) atoms. The molecule has 146 valence electrons. The summed E-state index contributed by atoms with van der Waals surface area (Å²) in [6.45, 7) is 0.704. The van der Waals surface area contributed by atoms with Crippen LogP contribution in [-0.4, -0.2) is 27.5 Å². The monoisotopic (exact) mass is 403 g/mol. The van der Waals surface area contributed by atoms with Gasteiger partial charge < -0.3 is 9.42 Å². The van der Waals surface area contributed by atoms with Crippen LogP contribution < -0.4 is 0 Å². The maximum atomic E-state index is 13.6. The Morgan fingerprint density at radius 3 is 2.93 bits per heavy atom. The molecule has 4 heterocycles. The minimum Gasteiger partial charge on any atom is -0.355 e. The molecule has 1 aliphatic heterocycles. The predicted octanol–water partition coefficient (Wildman–Crippen LogP) is 5.71. The summed E-state index contributed by atoms with van der Waals surface area (Å²) >= 11 is 1.62. The zero-order chi connectivity index (χ0) is 19.6. The van der Waals surface area contributed by atoms with Crippen LogP contribution >= 0.6 is 11.3 Å². The SMILES string of the molecule is O=C(c1nccc2ccccc12)N1CCCCC[C@H]1c1cc(-c2cccs2)on1. The first-order chi connectivity index (χ1) is 14.3. The van der Waals surface area contributed by atoms with Crippen molar-refractivity contribution in [2.45, 2.75) is 31.7 Å². The maximum Gasteiger partial charge on any atom is 0.273 e. The van der Waals surface area contributed by atoms with E-state index < -0.39 is 0 Å². The fraction of sp³-hybridized carbons (Fsp3) is 0.261. The summed E-state index contributed by atoms with van der Waals surface area (Å²) in [6, 6.07) is 15.8. The van der Waals surface area contributed by atoms with Gasteiger partial charge in [0.15, 0.2) is 5.76 Å². The number of benzene rings is 1. The highest BCUT2D eigenvalue weighted by Crippen LogP contribution is 2.34. The lowest BCUT2D eigenvalue weighted by Crippen LogP contribution is -2.35. The molecule has 1 saturated heterocycles. The lowest BCUT2D eigenvalue weighted by Gasteiger charge is -2.28. The van der Waals surface area contributed by atoms with E-state index in [9.17, 15) is 4.79 Å². The molecule has 1 fully saturated rings. The Morgan fingerprint density at radius 2 is 2.03 bits per heavy atom. The van der Waals surface area contributed by atoms with Gasteiger partial charge in [0.25, 0.3) is 5.91 Å². The van der Waals surface area contributed by atoms with Crippen LogP contribution in [0.15, 0.2) is 64.6 Å². The van der Waals surface area contributed by atoms with Crippen LogP contribution in [0.5, 0.6) is 0 Å². The molecule has 4 aromatic rings. The minimum absolute atomic E-state index is 0.0330. The number of aromatic nitrogens is 2. The summed E-state index contributed by atoms with van der Waals surface area (Å²) in [5, 5.41) is 8.28. The summed E-state index contributed by atoms with van der Waals surface area (Å²) in [5.74, 6) is 0.726. The average molecular weight is 404 g/mol. The van der Waals surface area contributed by atoms with Gasteiger partial charge in [0.05, 0.1) is 10.9 Å². The predicted molar refractivity (Wildman–Crippen MR) is 114 cm³/mol. The molecule has 5 nitrogen and oxygen atoms in total. The van der Waals surface area contributed by atoms with Crippen molar-refractivity contribution in [3.8, 4) is 10.6 Å². The van der Waals surface area contributed by atoms with Gasteiger partial charge in [-0.1, -0.05) is 48.3 Å². The molecule has 1 atom stereocenters. The van der Waals surface area contributed by atoms with Crippen molar-refractivity contribution in [1.82, 2.24) is 15.0 Å². The molecular weight excluding hydrogens is 382 g/mol. The van der Waals surface area contributed by atoms with Crippen molar-refractivity contribution in [2.24, 2.45) is 0 Å². The third-order valence-corrected chi connectivity index (χ3v) is 6.41. The van der Waals surface area contributed by atoms with Gasteiger partial charge in [-0.25, -0.2) is 0 Å². The number of thiophene rings is 1. The topological polar surface area (TPSA) is 59.2 Å².